The van der Waals surface area contributed by atoms with E-state index >= 15 is 0 Å². The third-order valence-electron chi connectivity index (χ3n) is 5.43. The molecule has 0 aliphatic carbocycles. The molecular formula is C23H18F4N6O2S. The number of aryl methyl sites for hydroxylation is 1. The molecule has 0 aromatic carbocycles. The number of aromatic nitrogens is 4. The minimum Gasteiger partial charge on any atom is -0.275 e. The Hall–Kier alpha value is -3.89. The molecule has 0 bridgehead atoms. The summed E-state index contributed by atoms with van der Waals surface area (Å²) < 4.78 is 80.4. The summed E-state index contributed by atoms with van der Waals surface area (Å²) in [6.07, 6.45) is -0.400. The molecule has 4 aromatic rings. The molecule has 0 saturated heterocycles. The zero-order chi connectivity index (χ0) is 26.3. The van der Waals surface area contributed by atoms with E-state index in [2.05, 4.69) is 21.0 Å². The van der Waals surface area contributed by atoms with Crippen LogP contribution in [0.3, 0.4) is 0 Å². The molecule has 4 aromatic heterocycles. The third-order valence-corrected chi connectivity index (χ3v) is 6.96. The van der Waals surface area contributed by atoms with E-state index in [-0.39, 0.29) is 22.8 Å². The number of halogens is 4. The van der Waals surface area contributed by atoms with Gasteiger partial charge in [-0.2, -0.15) is 23.2 Å². The molecule has 0 saturated carbocycles. The van der Waals surface area contributed by atoms with Gasteiger partial charge in [0.05, 0.1) is 17.0 Å². The van der Waals surface area contributed by atoms with Gasteiger partial charge in [0.25, 0.3) is 0 Å². The van der Waals surface area contributed by atoms with Crippen LogP contribution < -0.4 is 4.72 Å². The van der Waals surface area contributed by atoms with E-state index in [0.29, 0.717) is 24.4 Å². The van der Waals surface area contributed by atoms with Gasteiger partial charge in [0, 0.05) is 30.0 Å². The second-order valence-corrected chi connectivity index (χ2v) is 9.55. The van der Waals surface area contributed by atoms with Gasteiger partial charge in [-0.15, -0.1) is 0 Å². The molecule has 186 valence electrons. The van der Waals surface area contributed by atoms with Crippen LogP contribution in [0.5, 0.6) is 0 Å². The van der Waals surface area contributed by atoms with E-state index in [0.717, 1.165) is 30.0 Å². The van der Waals surface area contributed by atoms with Crippen molar-refractivity contribution in [1.29, 1.82) is 5.26 Å². The Labute approximate surface area is 203 Å². The summed E-state index contributed by atoms with van der Waals surface area (Å²) in [6.45, 7) is 2.59. The molecule has 4 rings (SSSR count). The van der Waals surface area contributed by atoms with Gasteiger partial charge in [-0.1, -0.05) is 6.92 Å². The lowest BCUT2D eigenvalue weighted by molar-refractivity contribution is -0.147. The molecule has 4 heterocycles. The van der Waals surface area contributed by atoms with Crippen LogP contribution in [0.1, 0.15) is 25.0 Å². The Morgan fingerprint density at radius 2 is 1.89 bits per heavy atom. The summed E-state index contributed by atoms with van der Waals surface area (Å²) in [6, 6.07) is 6.16. The molecule has 8 nitrogen and oxygen atoms in total. The van der Waals surface area contributed by atoms with Crippen molar-refractivity contribution >= 4 is 21.1 Å². The fourth-order valence-corrected chi connectivity index (χ4v) is 4.72. The minimum atomic E-state index is -4.77. The van der Waals surface area contributed by atoms with E-state index in [4.69, 9.17) is 0 Å². The molecule has 0 aliphatic heterocycles. The summed E-state index contributed by atoms with van der Waals surface area (Å²) in [4.78, 5) is 12.2. The average molecular weight is 518 g/mol. The Kier molecular flexibility index (Phi) is 6.50. The first-order chi connectivity index (χ1) is 17.0. The molecule has 0 fully saturated rings. The Morgan fingerprint density at radius 1 is 1.14 bits per heavy atom. The van der Waals surface area contributed by atoms with Gasteiger partial charge in [-0.05, 0) is 43.2 Å². The van der Waals surface area contributed by atoms with Gasteiger partial charge in [0.15, 0.2) is 0 Å². The van der Waals surface area contributed by atoms with Gasteiger partial charge < -0.3 is 0 Å². The largest absolute Gasteiger partial charge is 0.404 e. The molecular weight excluding hydrogens is 500 g/mol. The maximum Gasteiger partial charge on any atom is 0.404 e. The van der Waals surface area contributed by atoms with Crippen LogP contribution in [-0.4, -0.2) is 40.2 Å². The van der Waals surface area contributed by atoms with Gasteiger partial charge in [-0.25, -0.2) is 22.8 Å². The predicted molar refractivity (Wildman–Crippen MR) is 122 cm³/mol. The first kappa shape index (κ1) is 25.2. The van der Waals surface area contributed by atoms with Gasteiger partial charge in [0.1, 0.15) is 34.3 Å². The molecule has 0 spiro atoms. The number of nitriles is 1. The maximum absolute atomic E-state index is 14.1. The zero-order valence-corrected chi connectivity index (χ0v) is 19.7. The Balaban J connectivity index is 1.90. The number of hydrogen-bond acceptors (Lipinski definition) is 6. The highest BCUT2D eigenvalue weighted by Crippen LogP contribution is 2.35. The number of pyridine rings is 3. The molecule has 0 amide bonds. The molecule has 1 atom stereocenters. The van der Waals surface area contributed by atoms with Gasteiger partial charge >= 0.3 is 6.18 Å². The number of nitrogens with zero attached hydrogens (tertiary/aromatic N) is 5. The van der Waals surface area contributed by atoms with E-state index in [9.17, 15) is 31.2 Å². The lowest BCUT2D eigenvalue weighted by atomic mass is 10.1. The predicted octanol–water partition coefficient (Wildman–Crippen LogP) is 4.28. The van der Waals surface area contributed by atoms with E-state index in [1.165, 1.54) is 16.8 Å². The van der Waals surface area contributed by atoms with Crippen molar-refractivity contribution in [2.45, 2.75) is 37.4 Å². The first-order valence-corrected chi connectivity index (χ1v) is 12.1. The normalized spacial score (nSPS) is 13.0. The van der Waals surface area contributed by atoms with Crippen LogP contribution >= 0.6 is 0 Å². The Morgan fingerprint density at radius 3 is 2.47 bits per heavy atom. The number of hydrogen-bond donors (Lipinski definition) is 1. The molecule has 1 unspecified atom stereocenters. The second-order valence-electron chi connectivity index (χ2n) is 7.84. The molecule has 13 heteroatoms. The zero-order valence-electron chi connectivity index (χ0n) is 18.9. The summed E-state index contributed by atoms with van der Waals surface area (Å²) in [5.74, 6) is -0.483. The number of nitrogens with one attached hydrogen (secondary N) is 1. The summed E-state index contributed by atoms with van der Waals surface area (Å²) in [7, 11) is -4.54. The molecule has 36 heavy (non-hydrogen) atoms. The standard InChI is InChI=1S/C23H18F4N6O2S/c1-3-14-8-17-18(10-28)21(33(22(17)31-11-14)20-9-15(24)6-7-29-20)19-5-4-16(12-30-19)36(34,35)32-13(2)23(25,26)27/h4-9,11-13,32H,3H2,1-2H3. The summed E-state index contributed by atoms with van der Waals surface area (Å²) in [5.41, 5.74) is 1.57. The molecule has 0 radical (unpaired) electrons. The van der Waals surface area contributed by atoms with Crippen molar-refractivity contribution in [2.75, 3.05) is 0 Å². The van der Waals surface area contributed by atoms with Crippen LogP contribution in [0.25, 0.3) is 28.2 Å². The van der Waals surface area contributed by atoms with Crippen molar-refractivity contribution in [2.24, 2.45) is 0 Å². The van der Waals surface area contributed by atoms with Crippen LogP contribution in [0.15, 0.2) is 53.8 Å². The first-order valence-electron chi connectivity index (χ1n) is 10.6. The van der Waals surface area contributed by atoms with Gasteiger partial charge in [0.2, 0.25) is 10.0 Å². The summed E-state index contributed by atoms with van der Waals surface area (Å²) >= 11 is 0. The fourth-order valence-electron chi connectivity index (χ4n) is 3.54. The quantitative estimate of drug-likeness (QED) is 0.381. The van der Waals surface area contributed by atoms with Crippen molar-refractivity contribution in [1.82, 2.24) is 24.2 Å². The smallest absolute Gasteiger partial charge is 0.275 e. The highest BCUT2D eigenvalue weighted by Gasteiger charge is 2.39. The third kappa shape index (κ3) is 4.65. The number of fused-ring (bicyclic) bond motifs is 1. The van der Waals surface area contributed by atoms with E-state index < -0.39 is 33.0 Å². The van der Waals surface area contributed by atoms with Crippen molar-refractivity contribution in [3.8, 4) is 23.3 Å². The average Bonchev–Trinajstić information content (AvgIpc) is 3.16. The number of rotatable bonds is 6. The lowest BCUT2D eigenvalue weighted by Crippen LogP contribution is -2.42. The monoisotopic (exact) mass is 518 g/mol. The molecule has 0 aliphatic rings. The number of sulfonamides is 1. The van der Waals surface area contributed by atoms with Crippen molar-refractivity contribution in [3.63, 3.8) is 0 Å². The maximum atomic E-state index is 14.1. The minimum absolute atomic E-state index is 0.104. The van der Waals surface area contributed by atoms with Crippen LogP contribution in [0.2, 0.25) is 0 Å². The van der Waals surface area contributed by atoms with Crippen LogP contribution in [-0.2, 0) is 16.4 Å². The highest BCUT2D eigenvalue weighted by molar-refractivity contribution is 7.89. The van der Waals surface area contributed by atoms with Crippen LogP contribution in [0, 0.1) is 17.1 Å². The van der Waals surface area contributed by atoms with Crippen molar-refractivity contribution in [3.05, 3.63) is 65.9 Å². The topological polar surface area (TPSA) is 114 Å². The number of alkyl halides is 3. The van der Waals surface area contributed by atoms with Gasteiger partial charge in [-0.3, -0.25) is 9.55 Å². The van der Waals surface area contributed by atoms with E-state index in [1.54, 1.807) is 17.0 Å². The summed E-state index contributed by atoms with van der Waals surface area (Å²) in [5, 5.41) is 10.4. The van der Waals surface area contributed by atoms with Crippen molar-refractivity contribution < 1.29 is 26.0 Å². The van der Waals surface area contributed by atoms with Crippen LogP contribution in [0.4, 0.5) is 17.6 Å². The SMILES string of the molecule is CCc1cnc2c(c1)c(C#N)c(-c1ccc(S(=O)(=O)NC(C)C(F)(F)F)cn1)n2-c1cc(F)ccn1. The Bertz CT molecular complexity index is 1590. The lowest BCUT2D eigenvalue weighted by Gasteiger charge is -2.17. The fraction of sp³-hybridized carbons (Fsp3) is 0.217. The highest BCUT2D eigenvalue weighted by atomic mass is 32.2. The second kappa shape index (κ2) is 9.29. The molecule has 1 N–H and O–H groups in total. The van der Waals surface area contributed by atoms with E-state index in [1.807, 2.05) is 6.92 Å².